The van der Waals surface area contributed by atoms with E-state index >= 15 is 0 Å². The Morgan fingerprint density at radius 1 is 1.29 bits per heavy atom. The Bertz CT molecular complexity index is 817. The number of aromatic amines is 2. The van der Waals surface area contributed by atoms with Crippen LogP contribution in [-0.4, -0.2) is 31.6 Å². The average Bonchev–Trinajstić information content (AvgIpc) is 3.06. The monoisotopic (exact) mass is 301 g/mol. The third kappa shape index (κ3) is 2.47. The van der Waals surface area contributed by atoms with Crippen molar-refractivity contribution < 1.29 is 4.74 Å². The molecule has 3 rings (SSSR count). The van der Waals surface area contributed by atoms with E-state index in [9.17, 15) is 0 Å². The van der Waals surface area contributed by atoms with Gasteiger partial charge in [0.1, 0.15) is 11.4 Å². The number of hydrogen-bond acceptors (Lipinski definition) is 4. The summed E-state index contributed by atoms with van der Waals surface area (Å²) in [5.41, 5.74) is 2.76. The molecule has 0 radical (unpaired) electrons. The maximum Gasteiger partial charge on any atom is 0.213 e. The standard InChI is InChI=1S/C14H15N5OS/c1-3-20-12-7-5-4-6-11(12)19-9(2)10(8-15-19)13-16-14(21)18-17-13/h4-8H,3H2,1-2H3,(H2,16,17,18,21). The number of nitrogens with one attached hydrogen (secondary N) is 2. The number of ether oxygens (including phenoxy) is 1. The summed E-state index contributed by atoms with van der Waals surface area (Å²) in [6.45, 7) is 4.55. The zero-order valence-electron chi connectivity index (χ0n) is 11.8. The topological polar surface area (TPSA) is 71.5 Å². The fourth-order valence-corrected chi connectivity index (χ4v) is 2.33. The molecule has 2 N–H and O–H groups in total. The van der Waals surface area contributed by atoms with Crippen molar-refractivity contribution >= 4 is 12.2 Å². The second kappa shape index (κ2) is 5.53. The highest BCUT2D eigenvalue weighted by atomic mass is 32.1. The van der Waals surface area contributed by atoms with Crippen molar-refractivity contribution in [3.05, 3.63) is 40.9 Å². The molecule has 3 aromatic rings. The molecule has 0 saturated carbocycles. The maximum atomic E-state index is 5.66. The van der Waals surface area contributed by atoms with Gasteiger partial charge >= 0.3 is 0 Å². The van der Waals surface area contributed by atoms with E-state index in [0.717, 1.165) is 22.7 Å². The zero-order valence-corrected chi connectivity index (χ0v) is 12.6. The fraction of sp³-hybridized carbons (Fsp3) is 0.214. The Balaban J connectivity index is 2.09. The van der Waals surface area contributed by atoms with Crippen LogP contribution in [0.5, 0.6) is 5.75 Å². The summed E-state index contributed by atoms with van der Waals surface area (Å²) in [4.78, 5) is 4.23. The number of benzene rings is 1. The number of hydrogen-bond donors (Lipinski definition) is 2. The maximum absolute atomic E-state index is 5.66. The van der Waals surface area contributed by atoms with Crippen molar-refractivity contribution in [2.45, 2.75) is 13.8 Å². The number of aromatic nitrogens is 5. The van der Waals surface area contributed by atoms with Crippen LogP contribution in [0.25, 0.3) is 17.1 Å². The lowest BCUT2D eigenvalue weighted by atomic mass is 10.2. The molecule has 2 aromatic heterocycles. The average molecular weight is 301 g/mol. The lowest BCUT2D eigenvalue weighted by Gasteiger charge is -2.11. The second-order valence-corrected chi connectivity index (χ2v) is 4.86. The first-order valence-electron chi connectivity index (χ1n) is 6.62. The zero-order chi connectivity index (χ0) is 14.8. The van der Waals surface area contributed by atoms with Crippen LogP contribution in [0, 0.1) is 11.7 Å². The van der Waals surface area contributed by atoms with Gasteiger partial charge in [-0.1, -0.05) is 12.1 Å². The molecule has 0 amide bonds. The summed E-state index contributed by atoms with van der Waals surface area (Å²) in [6.07, 6.45) is 1.76. The first-order chi connectivity index (χ1) is 10.2. The summed E-state index contributed by atoms with van der Waals surface area (Å²) >= 11 is 4.99. The molecule has 2 heterocycles. The third-order valence-electron chi connectivity index (χ3n) is 3.16. The third-order valence-corrected chi connectivity index (χ3v) is 3.35. The number of nitrogens with zero attached hydrogens (tertiary/aromatic N) is 3. The molecule has 0 aliphatic carbocycles. The van der Waals surface area contributed by atoms with Crippen LogP contribution < -0.4 is 4.74 Å². The second-order valence-electron chi connectivity index (χ2n) is 4.47. The van der Waals surface area contributed by atoms with E-state index in [1.165, 1.54) is 0 Å². The first kappa shape index (κ1) is 13.6. The van der Waals surface area contributed by atoms with E-state index in [1.807, 2.05) is 42.8 Å². The van der Waals surface area contributed by atoms with Crippen molar-refractivity contribution in [1.82, 2.24) is 25.0 Å². The van der Waals surface area contributed by atoms with Crippen molar-refractivity contribution in [2.24, 2.45) is 0 Å². The van der Waals surface area contributed by atoms with Gasteiger partial charge in [-0.3, -0.25) is 10.2 Å². The molecule has 0 saturated heterocycles. The predicted octanol–water partition coefficient (Wildman–Crippen LogP) is 3.03. The van der Waals surface area contributed by atoms with Crippen molar-refractivity contribution in [3.63, 3.8) is 0 Å². The van der Waals surface area contributed by atoms with Crippen molar-refractivity contribution in [1.29, 1.82) is 0 Å². The van der Waals surface area contributed by atoms with Gasteiger partial charge in [0, 0.05) is 0 Å². The van der Waals surface area contributed by atoms with Crippen LogP contribution >= 0.6 is 12.2 Å². The molecule has 7 heteroatoms. The Morgan fingerprint density at radius 3 is 2.81 bits per heavy atom. The molecule has 0 fully saturated rings. The van der Waals surface area contributed by atoms with E-state index in [-0.39, 0.29) is 0 Å². The summed E-state index contributed by atoms with van der Waals surface area (Å²) in [5.74, 6) is 1.48. The van der Waals surface area contributed by atoms with Crippen molar-refractivity contribution in [2.75, 3.05) is 6.61 Å². The molecule has 0 aliphatic rings. The lowest BCUT2D eigenvalue weighted by molar-refractivity contribution is 0.338. The van der Waals surface area contributed by atoms with Gasteiger partial charge in [-0.25, -0.2) is 4.68 Å². The smallest absolute Gasteiger partial charge is 0.213 e. The van der Waals surface area contributed by atoms with Gasteiger partial charge in [-0.05, 0) is 38.2 Å². The molecule has 108 valence electrons. The quantitative estimate of drug-likeness (QED) is 0.727. The largest absolute Gasteiger partial charge is 0.492 e. The van der Waals surface area contributed by atoms with Gasteiger partial charge in [-0.15, -0.1) is 0 Å². The first-order valence-corrected chi connectivity index (χ1v) is 7.03. The van der Waals surface area contributed by atoms with Gasteiger partial charge in [0.05, 0.1) is 24.1 Å². The molecular weight excluding hydrogens is 286 g/mol. The Labute approximate surface area is 126 Å². The fourth-order valence-electron chi connectivity index (χ4n) is 2.19. The Kier molecular flexibility index (Phi) is 3.57. The number of H-pyrrole nitrogens is 2. The minimum absolute atomic E-state index is 0.423. The van der Waals surface area contributed by atoms with Gasteiger partial charge < -0.3 is 4.74 Å². The Morgan fingerprint density at radius 2 is 2.10 bits per heavy atom. The molecule has 6 nitrogen and oxygen atoms in total. The highest BCUT2D eigenvalue weighted by Crippen LogP contribution is 2.27. The molecule has 0 atom stereocenters. The highest BCUT2D eigenvalue weighted by Gasteiger charge is 2.14. The normalized spacial score (nSPS) is 10.8. The van der Waals surface area contributed by atoms with Gasteiger partial charge in [0.25, 0.3) is 0 Å². The van der Waals surface area contributed by atoms with Crippen LogP contribution in [0.3, 0.4) is 0 Å². The highest BCUT2D eigenvalue weighted by molar-refractivity contribution is 7.71. The van der Waals surface area contributed by atoms with Crippen LogP contribution in [0.2, 0.25) is 0 Å². The molecule has 0 aliphatic heterocycles. The van der Waals surface area contributed by atoms with Gasteiger partial charge in [-0.2, -0.15) is 10.1 Å². The summed E-state index contributed by atoms with van der Waals surface area (Å²) in [7, 11) is 0. The van der Waals surface area contributed by atoms with E-state index in [4.69, 9.17) is 17.0 Å². The van der Waals surface area contributed by atoms with Crippen LogP contribution in [0.4, 0.5) is 0 Å². The van der Waals surface area contributed by atoms with E-state index < -0.39 is 0 Å². The van der Waals surface area contributed by atoms with Crippen LogP contribution in [0.15, 0.2) is 30.5 Å². The number of rotatable bonds is 4. The SMILES string of the molecule is CCOc1ccccc1-n1ncc(-c2nc(=S)[nH][nH]2)c1C. The van der Waals surface area contributed by atoms with E-state index in [1.54, 1.807) is 6.20 Å². The Hall–Kier alpha value is -2.41. The molecule has 0 bridgehead atoms. The van der Waals surface area contributed by atoms with Crippen LogP contribution in [-0.2, 0) is 0 Å². The summed E-state index contributed by atoms with van der Waals surface area (Å²) < 4.78 is 7.92. The molecule has 0 unspecified atom stereocenters. The van der Waals surface area contributed by atoms with E-state index in [2.05, 4.69) is 20.3 Å². The predicted molar refractivity (Wildman–Crippen MR) is 82.2 cm³/mol. The summed E-state index contributed by atoms with van der Waals surface area (Å²) in [5, 5.41) is 10.2. The van der Waals surface area contributed by atoms with E-state index in [0.29, 0.717) is 17.2 Å². The van der Waals surface area contributed by atoms with Gasteiger partial charge in [0.2, 0.25) is 4.77 Å². The van der Waals surface area contributed by atoms with Crippen LogP contribution in [0.1, 0.15) is 12.6 Å². The van der Waals surface area contributed by atoms with Gasteiger partial charge in [0.15, 0.2) is 5.82 Å². The molecular formula is C14H15N5OS. The molecule has 21 heavy (non-hydrogen) atoms. The molecule has 0 spiro atoms. The minimum atomic E-state index is 0.423. The minimum Gasteiger partial charge on any atom is -0.492 e. The number of para-hydroxylation sites is 2. The summed E-state index contributed by atoms with van der Waals surface area (Å²) in [6, 6.07) is 7.81. The molecule has 1 aromatic carbocycles. The lowest BCUT2D eigenvalue weighted by Crippen LogP contribution is -2.03. The van der Waals surface area contributed by atoms with Crippen molar-refractivity contribution in [3.8, 4) is 22.8 Å².